The van der Waals surface area contributed by atoms with E-state index >= 15 is 0 Å². The molecule has 31 heavy (non-hydrogen) atoms. The Bertz CT molecular complexity index is 340. The zero-order valence-corrected chi connectivity index (χ0v) is 20.8. The third kappa shape index (κ3) is 29.6. The van der Waals surface area contributed by atoms with Crippen molar-refractivity contribution >= 4 is 0 Å². The predicted molar refractivity (Wildman–Crippen MR) is 122 cm³/mol. The number of hydrogen-bond acceptors (Lipinski definition) is 9. The van der Waals surface area contributed by atoms with Gasteiger partial charge in [0.25, 0.3) is 0 Å². The lowest BCUT2D eigenvalue weighted by Crippen LogP contribution is -2.38. The summed E-state index contributed by atoms with van der Waals surface area (Å²) in [5.74, 6) is 0. The van der Waals surface area contributed by atoms with Crippen molar-refractivity contribution in [1.29, 1.82) is 0 Å². The van der Waals surface area contributed by atoms with Crippen LogP contribution < -0.4 is 10.6 Å². The van der Waals surface area contributed by atoms with Crippen molar-refractivity contribution in [2.45, 2.75) is 52.6 Å². The van der Waals surface area contributed by atoms with Crippen LogP contribution in [-0.2, 0) is 33.2 Å². The third-order valence-corrected chi connectivity index (χ3v) is 3.62. The van der Waals surface area contributed by atoms with E-state index in [4.69, 9.17) is 33.2 Å². The zero-order valence-electron chi connectivity index (χ0n) is 20.8. The summed E-state index contributed by atoms with van der Waals surface area (Å²) in [5, 5.41) is 6.72. The molecule has 0 aliphatic carbocycles. The van der Waals surface area contributed by atoms with Crippen molar-refractivity contribution in [3.8, 4) is 0 Å². The van der Waals surface area contributed by atoms with E-state index in [2.05, 4.69) is 52.2 Å². The molecule has 9 heteroatoms. The normalized spacial score (nSPS) is 12.6. The molecule has 0 aromatic carbocycles. The van der Waals surface area contributed by atoms with Gasteiger partial charge in [0.1, 0.15) is 13.6 Å². The van der Waals surface area contributed by atoms with Crippen molar-refractivity contribution in [1.82, 2.24) is 10.6 Å². The van der Waals surface area contributed by atoms with Crippen LogP contribution in [0.3, 0.4) is 0 Å². The highest BCUT2D eigenvalue weighted by molar-refractivity contribution is 4.69. The molecule has 9 nitrogen and oxygen atoms in total. The van der Waals surface area contributed by atoms with Crippen LogP contribution in [0.25, 0.3) is 0 Å². The highest BCUT2D eigenvalue weighted by Crippen LogP contribution is 1.97. The van der Waals surface area contributed by atoms with Crippen molar-refractivity contribution in [2.75, 3.05) is 92.7 Å². The summed E-state index contributed by atoms with van der Waals surface area (Å²) in [6.07, 6.45) is 0. The monoisotopic (exact) mass is 452 g/mol. The average Bonchev–Trinajstić information content (AvgIpc) is 2.67. The van der Waals surface area contributed by atoms with E-state index in [0.29, 0.717) is 66.1 Å². The molecule has 0 bridgehead atoms. The maximum absolute atomic E-state index is 5.48. The number of ether oxygens (including phenoxy) is 7. The topological polar surface area (TPSA) is 88.7 Å². The van der Waals surface area contributed by atoms with Gasteiger partial charge in [0, 0.05) is 24.2 Å². The lowest BCUT2D eigenvalue weighted by Gasteiger charge is -2.20. The Morgan fingerprint density at radius 2 is 0.677 bits per heavy atom. The molecular formula is C22H48N2O7. The van der Waals surface area contributed by atoms with Gasteiger partial charge in [-0.3, -0.25) is 0 Å². The summed E-state index contributed by atoms with van der Waals surface area (Å²) in [7, 11) is 0. The Morgan fingerprint density at radius 1 is 0.387 bits per heavy atom. The molecule has 0 aliphatic rings. The summed E-state index contributed by atoms with van der Waals surface area (Å²) in [6.45, 7) is 20.4. The third-order valence-electron chi connectivity index (χ3n) is 3.62. The Balaban J connectivity index is 3.07. The Hall–Kier alpha value is -0.360. The molecule has 0 heterocycles. The lowest BCUT2D eigenvalue weighted by molar-refractivity contribution is -0.142. The smallest absolute Gasteiger partial charge is 0.149 e. The van der Waals surface area contributed by atoms with Gasteiger partial charge in [-0.25, -0.2) is 0 Å². The number of hydrogen-bond donors (Lipinski definition) is 2. The van der Waals surface area contributed by atoms with Gasteiger partial charge in [-0.15, -0.1) is 0 Å². The average molecular weight is 453 g/mol. The molecule has 0 saturated heterocycles. The van der Waals surface area contributed by atoms with Crippen molar-refractivity contribution < 1.29 is 33.2 Å². The van der Waals surface area contributed by atoms with Gasteiger partial charge in [-0.05, 0) is 41.5 Å². The fraction of sp³-hybridized carbons (Fsp3) is 1.00. The van der Waals surface area contributed by atoms with Gasteiger partial charge in [0.05, 0.1) is 66.1 Å². The van der Waals surface area contributed by atoms with Crippen LogP contribution in [0.4, 0.5) is 0 Å². The van der Waals surface area contributed by atoms with Crippen molar-refractivity contribution in [3.63, 3.8) is 0 Å². The first-order valence-corrected chi connectivity index (χ1v) is 11.2. The summed E-state index contributed by atoms with van der Waals surface area (Å²) in [6, 6.07) is 0. The van der Waals surface area contributed by atoms with Crippen molar-refractivity contribution in [3.05, 3.63) is 0 Å². The minimum atomic E-state index is 0.122. The molecule has 0 atom stereocenters. The van der Waals surface area contributed by atoms with Crippen LogP contribution in [0, 0.1) is 0 Å². The van der Waals surface area contributed by atoms with Gasteiger partial charge >= 0.3 is 0 Å². The van der Waals surface area contributed by atoms with Gasteiger partial charge in [-0.2, -0.15) is 0 Å². The van der Waals surface area contributed by atoms with Gasteiger partial charge in [-0.1, -0.05) is 0 Å². The lowest BCUT2D eigenvalue weighted by atomic mass is 10.1. The van der Waals surface area contributed by atoms with E-state index in [9.17, 15) is 0 Å². The van der Waals surface area contributed by atoms with Crippen LogP contribution in [0.2, 0.25) is 0 Å². The first-order valence-electron chi connectivity index (χ1n) is 11.2. The molecule has 0 radical (unpaired) electrons. The molecule has 0 aliphatic heterocycles. The minimum Gasteiger partial charge on any atom is -0.378 e. The van der Waals surface area contributed by atoms with Gasteiger partial charge in [0.2, 0.25) is 0 Å². The molecule has 0 spiro atoms. The van der Waals surface area contributed by atoms with Crippen LogP contribution in [0.15, 0.2) is 0 Å². The second-order valence-corrected chi connectivity index (χ2v) is 9.06. The molecule has 0 unspecified atom stereocenters. The highest BCUT2D eigenvalue weighted by Gasteiger charge is 2.07. The van der Waals surface area contributed by atoms with Crippen LogP contribution in [0.1, 0.15) is 41.5 Å². The molecule has 0 aromatic heterocycles. The SMILES string of the molecule is CC(C)(C)NCCOCCOCCOCOCOCCOCCOCCNC(C)(C)C. The fourth-order valence-electron chi connectivity index (χ4n) is 2.15. The molecule has 0 amide bonds. The van der Waals surface area contributed by atoms with Crippen molar-refractivity contribution in [2.24, 2.45) is 0 Å². The molecule has 188 valence electrons. The summed E-state index contributed by atoms with van der Waals surface area (Å²) in [4.78, 5) is 0. The summed E-state index contributed by atoms with van der Waals surface area (Å²) < 4.78 is 37.6. The van der Waals surface area contributed by atoms with E-state index < -0.39 is 0 Å². The molecule has 0 aromatic rings. The van der Waals surface area contributed by atoms with Crippen LogP contribution in [0.5, 0.6) is 0 Å². The maximum atomic E-state index is 5.48. The molecule has 2 N–H and O–H groups in total. The fourth-order valence-corrected chi connectivity index (χ4v) is 2.15. The highest BCUT2D eigenvalue weighted by atomic mass is 16.7. The number of rotatable bonds is 22. The quantitative estimate of drug-likeness (QED) is 0.188. The van der Waals surface area contributed by atoms with E-state index in [0.717, 1.165) is 13.1 Å². The first-order chi connectivity index (χ1) is 14.7. The zero-order chi connectivity index (χ0) is 23.3. The van der Waals surface area contributed by atoms with E-state index in [-0.39, 0.29) is 24.7 Å². The largest absolute Gasteiger partial charge is 0.378 e. The predicted octanol–water partition coefficient (Wildman–Crippen LogP) is 1.79. The standard InChI is InChI=1S/C22H48N2O7/c1-21(2,3)23-7-9-25-11-13-27-15-17-29-19-31-20-30-18-16-28-14-12-26-10-8-24-22(4,5)6/h23-24H,7-20H2,1-6H3. The van der Waals surface area contributed by atoms with Gasteiger partial charge < -0.3 is 43.8 Å². The maximum Gasteiger partial charge on any atom is 0.149 e. The van der Waals surface area contributed by atoms with Crippen LogP contribution in [-0.4, -0.2) is 104 Å². The van der Waals surface area contributed by atoms with E-state index in [1.54, 1.807) is 0 Å². The minimum absolute atomic E-state index is 0.122. The Kier molecular flexibility index (Phi) is 20.0. The molecule has 0 rings (SSSR count). The second-order valence-electron chi connectivity index (χ2n) is 9.06. The molecular weight excluding hydrogens is 404 g/mol. The van der Waals surface area contributed by atoms with Gasteiger partial charge in [0.15, 0.2) is 0 Å². The Labute approximate surface area is 189 Å². The Morgan fingerprint density at radius 3 is 1.00 bits per heavy atom. The summed E-state index contributed by atoms with van der Waals surface area (Å²) in [5.41, 5.74) is 0.244. The number of nitrogens with one attached hydrogen (secondary N) is 2. The van der Waals surface area contributed by atoms with Crippen LogP contribution >= 0.6 is 0 Å². The van der Waals surface area contributed by atoms with E-state index in [1.807, 2.05) is 0 Å². The molecule has 0 fully saturated rings. The first kappa shape index (κ1) is 30.6. The van der Waals surface area contributed by atoms with E-state index in [1.165, 1.54) is 0 Å². The second kappa shape index (κ2) is 20.3. The molecule has 0 saturated carbocycles. The summed E-state index contributed by atoms with van der Waals surface area (Å²) >= 11 is 0.